The first-order valence-electron chi connectivity index (χ1n) is 8.28. The molecule has 1 aromatic carbocycles. The van der Waals surface area contributed by atoms with Crippen LogP contribution in [0, 0.1) is 17.2 Å². The molecule has 4 rings (SSSR count). The minimum Gasteiger partial charge on any atom is -0.410 e. The first-order chi connectivity index (χ1) is 12.2. The van der Waals surface area contributed by atoms with Gasteiger partial charge in [-0.2, -0.15) is 5.26 Å². The van der Waals surface area contributed by atoms with E-state index in [1.54, 1.807) is 11.3 Å². The van der Waals surface area contributed by atoms with E-state index in [1.807, 2.05) is 24.3 Å². The molecule has 1 aliphatic rings. The number of hydrogen-bond acceptors (Lipinski definition) is 6. The fourth-order valence-electron chi connectivity index (χ4n) is 3.00. The molecular weight excluding hydrogens is 350 g/mol. The van der Waals surface area contributed by atoms with Crippen LogP contribution in [-0.4, -0.2) is 10.2 Å². The number of aryl methyl sites for hydroxylation is 1. The average molecular weight is 367 g/mol. The van der Waals surface area contributed by atoms with Gasteiger partial charge in [-0.1, -0.05) is 30.8 Å². The summed E-state index contributed by atoms with van der Waals surface area (Å²) in [5.41, 5.74) is 3.25. The number of thioether (sulfide) groups is 1. The van der Waals surface area contributed by atoms with Crippen molar-refractivity contribution >= 4 is 23.1 Å². The van der Waals surface area contributed by atoms with Crippen molar-refractivity contribution in [3.05, 3.63) is 51.9 Å². The van der Waals surface area contributed by atoms with E-state index in [-0.39, 0.29) is 0 Å². The molecule has 0 amide bonds. The highest BCUT2D eigenvalue weighted by molar-refractivity contribution is 7.98. The van der Waals surface area contributed by atoms with Crippen LogP contribution in [0.25, 0.3) is 10.8 Å². The zero-order valence-corrected chi connectivity index (χ0v) is 15.5. The van der Waals surface area contributed by atoms with Crippen LogP contribution in [0.2, 0.25) is 0 Å². The van der Waals surface area contributed by atoms with Gasteiger partial charge in [-0.05, 0) is 54.5 Å². The molecule has 0 radical (unpaired) electrons. The van der Waals surface area contributed by atoms with E-state index in [2.05, 4.69) is 29.3 Å². The molecular formula is C19H17N3OS2. The largest absolute Gasteiger partial charge is 0.410 e. The highest BCUT2D eigenvalue weighted by Gasteiger charge is 2.21. The summed E-state index contributed by atoms with van der Waals surface area (Å²) in [6.45, 7) is 2.31. The molecule has 3 aromatic rings. The number of aromatic nitrogens is 2. The molecule has 2 heterocycles. The molecule has 126 valence electrons. The lowest BCUT2D eigenvalue weighted by Gasteiger charge is -2.16. The number of fused-ring (bicyclic) bond motifs is 1. The van der Waals surface area contributed by atoms with Crippen molar-refractivity contribution in [2.24, 2.45) is 5.92 Å². The lowest BCUT2D eigenvalue weighted by atomic mass is 9.90. The van der Waals surface area contributed by atoms with Crippen LogP contribution in [0.15, 0.2) is 40.0 Å². The summed E-state index contributed by atoms with van der Waals surface area (Å²) in [6.07, 6.45) is 3.58. The molecule has 0 saturated carbocycles. The highest BCUT2D eigenvalue weighted by atomic mass is 32.2. The quantitative estimate of drug-likeness (QED) is 0.601. The Morgan fingerprint density at radius 3 is 2.96 bits per heavy atom. The third-order valence-corrected chi connectivity index (χ3v) is 6.51. The van der Waals surface area contributed by atoms with Gasteiger partial charge in [0.2, 0.25) is 0 Å². The van der Waals surface area contributed by atoms with E-state index < -0.39 is 0 Å². The van der Waals surface area contributed by atoms with E-state index in [0.717, 1.165) is 35.0 Å². The maximum absolute atomic E-state index is 8.84. The molecule has 6 heteroatoms. The fraction of sp³-hybridized carbons (Fsp3) is 0.316. The summed E-state index contributed by atoms with van der Waals surface area (Å²) >= 11 is 3.31. The normalized spacial score (nSPS) is 16.4. The van der Waals surface area contributed by atoms with Gasteiger partial charge in [0.05, 0.1) is 16.5 Å². The topological polar surface area (TPSA) is 62.7 Å². The molecule has 0 spiro atoms. The highest BCUT2D eigenvalue weighted by Crippen LogP contribution is 2.37. The SMILES string of the molecule is C[C@@H]1CCc2sc(-c3nnc(SCc4ccc(C#N)cc4)o3)cc2C1. The zero-order chi connectivity index (χ0) is 17.2. The van der Waals surface area contributed by atoms with Crippen LogP contribution >= 0.6 is 23.1 Å². The number of rotatable bonds is 4. The Morgan fingerprint density at radius 2 is 2.16 bits per heavy atom. The van der Waals surface area contributed by atoms with Gasteiger partial charge in [0.25, 0.3) is 11.1 Å². The van der Waals surface area contributed by atoms with E-state index >= 15 is 0 Å². The number of benzene rings is 1. The lowest BCUT2D eigenvalue weighted by Crippen LogP contribution is -2.07. The summed E-state index contributed by atoms with van der Waals surface area (Å²) < 4.78 is 5.84. The minimum absolute atomic E-state index is 0.582. The molecule has 0 aliphatic heterocycles. The standard InChI is InChI=1S/C19H17N3OS2/c1-12-2-7-16-15(8-12)9-17(25-16)18-21-22-19(23-18)24-11-14-5-3-13(10-20)4-6-14/h3-6,9,12H,2,7-8,11H2,1H3/t12-/m1/s1. The van der Waals surface area contributed by atoms with Crippen LogP contribution in [0.5, 0.6) is 0 Å². The van der Waals surface area contributed by atoms with Gasteiger partial charge in [-0.15, -0.1) is 21.5 Å². The molecule has 1 aliphatic carbocycles. The van der Waals surface area contributed by atoms with Crippen LogP contribution in [-0.2, 0) is 18.6 Å². The van der Waals surface area contributed by atoms with Crippen molar-refractivity contribution in [2.45, 2.75) is 37.2 Å². The second-order valence-electron chi connectivity index (χ2n) is 6.38. The molecule has 25 heavy (non-hydrogen) atoms. The van der Waals surface area contributed by atoms with Crippen molar-refractivity contribution in [3.8, 4) is 16.8 Å². The Balaban J connectivity index is 1.44. The van der Waals surface area contributed by atoms with Gasteiger partial charge in [0.15, 0.2) is 0 Å². The van der Waals surface area contributed by atoms with Crippen molar-refractivity contribution in [3.63, 3.8) is 0 Å². The second-order valence-corrected chi connectivity index (χ2v) is 8.44. The summed E-state index contributed by atoms with van der Waals surface area (Å²) in [4.78, 5) is 2.55. The Hall–Kier alpha value is -2.10. The van der Waals surface area contributed by atoms with Crippen molar-refractivity contribution in [1.82, 2.24) is 10.2 Å². The van der Waals surface area contributed by atoms with E-state index in [0.29, 0.717) is 16.7 Å². The number of nitriles is 1. The Bertz CT molecular complexity index is 921. The van der Waals surface area contributed by atoms with Crippen molar-refractivity contribution < 1.29 is 4.42 Å². The maximum Gasteiger partial charge on any atom is 0.277 e. The third kappa shape index (κ3) is 3.63. The predicted octanol–water partition coefficient (Wildman–Crippen LogP) is 5.09. The van der Waals surface area contributed by atoms with Gasteiger partial charge < -0.3 is 4.42 Å². The Labute approximate surface area is 154 Å². The molecule has 0 saturated heterocycles. The molecule has 0 unspecified atom stereocenters. The lowest BCUT2D eigenvalue weighted by molar-refractivity contribution is 0.466. The Kier molecular flexibility index (Phi) is 4.60. The Morgan fingerprint density at radius 1 is 1.32 bits per heavy atom. The van der Waals surface area contributed by atoms with Gasteiger partial charge >= 0.3 is 0 Å². The molecule has 2 aromatic heterocycles. The van der Waals surface area contributed by atoms with Crippen LogP contribution in [0.3, 0.4) is 0 Å². The summed E-state index contributed by atoms with van der Waals surface area (Å²) in [5.74, 6) is 2.12. The van der Waals surface area contributed by atoms with E-state index in [1.165, 1.54) is 28.6 Å². The molecule has 0 bridgehead atoms. The predicted molar refractivity (Wildman–Crippen MR) is 99.5 cm³/mol. The zero-order valence-electron chi connectivity index (χ0n) is 13.9. The van der Waals surface area contributed by atoms with Crippen LogP contribution < -0.4 is 0 Å². The van der Waals surface area contributed by atoms with E-state index in [9.17, 15) is 0 Å². The number of thiophene rings is 1. The van der Waals surface area contributed by atoms with Gasteiger partial charge in [-0.3, -0.25) is 0 Å². The smallest absolute Gasteiger partial charge is 0.277 e. The monoisotopic (exact) mass is 367 g/mol. The summed E-state index contributed by atoms with van der Waals surface area (Å²) in [6, 6.07) is 11.9. The fourth-order valence-corrected chi connectivity index (χ4v) is 4.85. The van der Waals surface area contributed by atoms with Gasteiger partial charge in [-0.25, -0.2) is 0 Å². The van der Waals surface area contributed by atoms with Crippen LogP contribution in [0.1, 0.15) is 34.9 Å². The first-order valence-corrected chi connectivity index (χ1v) is 10.1. The minimum atomic E-state index is 0.582. The number of nitrogens with zero attached hydrogens (tertiary/aromatic N) is 3. The van der Waals surface area contributed by atoms with Crippen LogP contribution in [0.4, 0.5) is 0 Å². The molecule has 4 nitrogen and oxygen atoms in total. The summed E-state index contributed by atoms with van der Waals surface area (Å²) in [7, 11) is 0. The van der Waals surface area contributed by atoms with Gasteiger partial charge in [0.1, 0.15) is 0 Å². The first kappa shape index (κ1) is 16.4. The summed E-state index contributed by atoms with van der Waals surface area (Å²) in [5, 5.41) is 17.8. The average Bonchev–Trinajstić information content (AvgIpc) is 3.26. The second kappa shape index (κ2) is 7.03. The molecule has 0 fully saturated rings. The number of hydrogen-bond donors (Lipinski definition) is 0. The maximum atomic E-state index is 8.84. The van der Waals surface area contributed by atoms with Crippen molar-refractivity contribution in [1.29, 1.82) is 5.26 Å². The third-order valence-electron chi connectivity index (χ3n) is 4.39. The van der Waals surface area contributed by atoms with Gasteiger partial charge in [0, 0.05) is 10.6 Å². The van der Waals surface area contributed by atoms with Crippen molar-refractivity contribution in [2.75, 3.05) is 0 Å². The van der Waals surface area contributed by atoms with E-state index in [4.69, 9.17) is 9.68 Å². The molecule has 1 atom stereocenters. The molecule has 0 N–H and O–H groups in total.